The SMILES string of the molecule is CC(O)Cc1cc(N)c(N)c(CC(C)O)c1CC(C)O. The Kier molecular flexibility index (Phi) is 5.80. The van der Waals surface area contributed by atoms with Crippen molar-refractivity contribution in [2.75, 3.05) is 11.5 Å². The summed E-state index contributed by atoms with van der Waals surface area (Å²) < 4.78 is 0. The molecule has 0 fully saturated rings. The van der Waals surface area contributed by atoms with E-state index in [2.05, 4.69) is 0 Å². The molecule has 1 aromatic carbocycles. The van der Waals surface area contributed by atoms with Crippen LogP contribution in [0.15, 0.2) is 6.07 Å². The van der Waals surface area contributed by atoms with E-state index in [0.29, 0.717) is 30.6 Å². The lowest BCUT2D eigenvalue weighted by atomic mass is 9.88. The fourth-order valence-electron chi connectivity index (χ4n) is 2.46. The van der Waals surface area contributed by atoms with Crippen molar-refractivity contribution in [2.24, 2.45) is 0 Å². The molecule has 0 bridgehead atoms. The minimum absolute atomic E-state index is 0.381. The summed E-state index contributed by atoms with van der Waals surface area (Å²) in [5, 5.41) is 28.9. The zero-order valence-electron chi connectivity index (χ0n) is 12.4. The Labute approximate surface area is 120 Å². The van der Waals surface area contributed by atoms with E-state index in [9.17, 15) is 15.3 Å². The number of rotatable bonds is 6. The highest BCUT2D eigenvalue weighted by atomic mass is 16.3. The highest BCUT2D eigenvalue weighted by Crippen LogP contribution is 2.31. The van der Waals surface area contributed by atoms with E-state index in [0.717, 1.165) is 16.7 Å². The van der Waals surface area contributed by atoms with Crippen LogP contribution in [0.25, 0.3) is 0 Å². The van der Waals surface area contributed by atoms with Crippen molar-refractivity contribution in [1.29, 1.82) is 0 Å². The maximum Gasteiger partial charge on any atom is 0.0584 e. The molecule has 0 radical (unpaired) electrons. The maximum absolute atomic E-state index is 9.69. The number of benzene rings is 1. The molecule has 0 heterocycles. The van der Waals surface area contributed by atoms with Crippen LogP contribution in [-0.2, 0) is 19.3 Å². The molecule has 0 aliphatic heterocycles. The number of nitrogen functional groups attached to an aromatic ring is 2. The van der Waals surface area contributed by atoms with Gasteiger partial charge in [-0.1, -0.05) is 0 Å². The van der Waals surface area contributed by atoms with Gasteiger partial charge in [0.2, 0.25) is 0 Å². The second kappa shape index (κ2) is 6.92. The number of aliphatic hydroxyl groups is 3. The van der Waals surface area contributed by atoms with Gasteiger partial charge in [-0.3, -0.25) is 0 Å². The van der Waals surface area contributed by atoms with E-state index >= 15 is 0 Å². The number of hydrogen-bond donors (Lipinski definition) is 5. The minimum Gasteiger partial charge on any atom is -0.397 e. The molecule has 0 aromatic heterocycles. The van der Waals surface area contributed by atoms with Crippen molar-refractivity contribution in [3.63, 3.8) is 0 Å². The zero-order chi connectivity index (χ0) is 15.4. The summed E-state index contributed by atoms with van der Waals surface area (Å²) in [7, 11) is 0. The van der Waals surface area contributed by atoms with Crippen molar-refractivity contribution in [2.45, 2.75) is 58.3 Å². The highest BCUT2D eigenvalue weighted by Gasteiger charge is 2.18. The molecule has 5 nitrogen and oxygen atoms in total. The van der Waals surface area contributed by atoms with E-state index in [1.54, 1.807) is 26.8 Å². The molecule has 1 rings (SSSR count). The molecule has 7 N–H and O–H groups in total. The van der Waals surface area contributed by atoms with Crippen molar-refractivity contribution in [3.05, 3.63) is 22.8 Å². The predicted molar refractivity (Wildman–Crippen MR) is 81.4 cm³/mol. The van der Waals surface area contributed by atoms with Gasteiger partial charge in [-0.2, -0.15) is 0 Å². The molecule has 0 saturated heterocycles. The number of aliphatic hydroxyl groups excluding tert-OH is 3. The van der Waals surface area contributed by atoms with Crippen LogP contribution in [0, 0.1) is 0 Å². The van der Waals surface area contributed by atoms with E-state index in [1.165, 1.54) is 0 Å². The van der Waals surface area contributed by atoms with Gasteiger partial charge in [0.1, 0.15) is 0 Å². The Bertz CT molecular complexity index is 457. The molecule has 3 atom stereocenters. The van der Waals surface area contributed by atoms with Gasteiger partial charge in [-0.15, -0.1) is 0 Å². The predicted octanol–water partition coefficient (Wildman–Crippen LogP) is 0.621. The van der Waals surface area contributed by atoms with Crippen LogP contribution < -0.4 is 11.5 Å². The van der Waals surface area contributed by atoms with E-state index in [4.69, 9.17) is 11.5 Å². The Balaban J connectivity index is 3.38. The number of hydrogen-bond acceptors (Lipinski definition) is 5. The summed E-state index contributed by atoms with van der Waals surface area (Å²) in [6, 6.07) is 1.76. The summed E-state index contributed by atoms with van der Waals surface area (Å²) in [6.45, 7) is 5.08. The second-order valence-electron chi connectivity index (χ2n) is 5.66. The molecule has 0 amide bonds. The van der Waals surface area contributed by atoms with Gasteiger partial charge in [0.25, 0.3) is 0 Å². The molecular formula is C15H26N2O3. The molecule has 0 spiro atoms. The summed E-state index contributed by atoms with van der Waals surface area (Å²) in [5.74, 6) is 0. The monoisotopic (exact) mass is 282 g/mol. The molecule has 1 aromatic rings. The van der Waals surface area contributed by atoms with E-state index in [1.807, 2.05) is 0 Å². The van der Waals surface area contributed by atoms with Crippen molar-refractivity contribution in [3.8, 4) is 0 Å². The van der Waals surface area contributed by atoms with Crippen molar-refractivity contribution >= 4 is 11.4 Å². The van der Waals surface area contributed by atoms with Crippen LogP contribution in [0.4, 0.5) is 11.4 Å². The fourth-order valence-corrected chi connectivity index (χ4v) is 2.46. The van der Waals surface area contributed by atoms with E-state index < -0.39 is 18.3 Å². The van der Waals surface area contributed by atoms with Gasteiger partial charge in [0.05, 0.1) is 29.7 Å². The van der Waals surface area contributed by atoms with Crippen molar-refractivity contribution < 1.29 is 15.3 Å². The zero-order valence-corrected chi connectivity index (χ0v) is 12.4. The summed E-state index contributed by atoms with van der Waals surface area (Å²) in [6.07, 6.45) is -0.338. The van der Waals surface area contributed by atoms with Gasteiger partial charge in [0.15, 0.2) is 0 Å². The average Bonchev–Trinajstić information content (AvgIpc) is 2.28. The van der Waals surface area contributed by atoms with Crippen LogP contribution >= 0.6 is 0 Å². The third kappa shape index (κ3) is 4.37. The largest absolute Gasteiger partial charge is 0.397 e. The lowest BCUT2D eigenvalue weighted by molar-refractivity contribution is 0.185. The Morgan fingerprint density at radius 2 is 1.30 bits per heavy atom. The molecular weight excluding hydrogens is 256 g/mol. The second-order valence-corrected chi connectivity index (χ2v) is 5.66. The maximum atomic E-state index is 9.69. The van der Waals surface area contributed by atoms with E-state index in [-0.39, 0.29) is 0 Å². The van der Waals surface area contributed by atoms with Crippen LogP contribution in [-0.4, -0.2) is 33.6 Å². The lowest BCUT2D eigenvalue weighted by Crippen LogP contribution is -2.18. The van der Waals surface area contributed by atoms with Gasteiger partial charge < -0.3 is 26.8 Å². The molecule has 0 aliphatic rings. The fraction of sp³-hybridized carbons (Fsp3) is 0.600. The topological polar surface area (TPSA) is 113 Å². The smallest absolute Gasteiger partial charge is 0.0584 e. The Morgan fingerprint density at radius 1 is 0.850 bits per heavy atom. The molecule has 5 heteroatoms. The third-order valence-corrected chi connectivity index (χ3v) is 3.23. The van der Waals surface area contributed by atoms with Crippen LogP contribution in [0.5, 0.6) is 0 Å². The first-order chi connectivity index (χ1) is 9.22. The standard InChI is InChI=1S/C15H26N2O3/c1-8(18)4-11-7-14(16)15(17)13(6-10(3)20)12(11)5-9(2)19/h7-10,18-20H,4-6,16-17H2,1-3H3. The van der Waals surface area contributed by atoms with Crippen LogP contribution in [0.3, 0.4) is 0 Å². The molecule has 0 saturated carbocycles. The first-order valence-corrected chi connectivity index (χ1v) is 6.95. The summed E-state index contributed by atoms with van der Waals surface area (Å²) in [4.78, 5) is 0. The molecule has 114 valence electrons. The molecule has 0 aliphatic carbocycles. The lowest BCUT2D eigenvalue weighted by Gasteiger charge is -2.21. The van der Waals surface area contributed by atoms with Gasteiger partial charge in [-0.05, 0) is 56.4 Å². The minimum atomic E-state index is -0.550. The summed E-state index contributed by atoms with van der Waals surface area (Å²) >= 11 is 0. The third-order valence-electron chi connectivity index (χ3n) is 3.23. The first-order valence-electron chi connectivity index (χ1n) is 6.95. The highest BCUT2D eigenvalue weighted by molar-refractivity contribution is 5.71. The first kappa shape index (κ1) is 16.8. The average molecular weight is 282 g/mol. The summed E-state index contributed by atoms with van der Waals surface area (Å²) in [5.41, 5.74) is 15.4. The quantitative estimate of drug-likeness (QED) is 0.491. The van der Waals surface area contributed by atoms with Crippen LogP contribution in [0.1, 0.15) is 37.5 Å². The van der Waals surface area contributed by atoms with Crippen LogP contribution in [0.2, 0.25) is 0 Å². The molecule has 20 heavy (non-hydrogen) atoms. The van der Waals surface area contributed by atoms with Gasteiger partial charge in [0, 0.05) is 6.42 Å². The van der Waals surface area contributed by atoms with Gasteiger partial charge in [-0.25, -0.2) is 0 Å². The normalized spacial score (nSPS) is 15.9. The number of nitrogens with two attached hydrogens (primary N) is 2. The molecule has 3 unspecified atom stereocenters. The Morgan fingerprint density at radius 3 is 1.75 bits per heavy atom. The van der Waals surface area contributed by atoms with Gasteiger partial charge >= 0.3 is 0 Å². The number of anilines is 2. The Hall–Kier alpha value is -1.30. The van der Waals surface area contributed by atoms with Crippen molar-refractivity contribution in [1.82, 2.24) is 0 Å².